The summed E-state index contributed by atoms with van der Waals surface area (Å²) >= 11 is 6.20. The summed E-state index contributed by atoms with van der Waals surface area (Å²) in [5, 5.41) is 3.08. The van der Waals surface area contributed by atoms with E-state index in [0.29, 0.717) is 22.7 Å². The standard InChI is InChI=1S/C24H26ClN3O3/c1-16(2)27(3)24(31)18-9-12-20(25)21(15-18)26-22(29)13-8-17-6-10-19(11-7-17)28-14-4-5-23(28)30/h6-13,15-16H,4-5,14H2,1-3H3,(H,26,29). The van der Waals surface area contributed by atoms with E-state index in [-0.39, 0.29) is 23.8 Å². The number of carbonyl (C=O) groups excluding carboxylic acids is 3. The van der Waals surface area contributed by atoms with E-state index < -0.39 is 0 Å². The lowest BCUT2D eigenvalue weighted by molar-refractivity contribution is -0.117. The van der Waals surface area contributed by atoms with Crippen LogP contribution < -0.4 is 10.2 Å². The second-order valence-electron chi connectivity index (χ2n) is 7.77. The lowest BCUT2D eigenvalue weighted by atomic mass is 10.1. The maximum Gasteiger partial charge on any atom is 0.253 e. The van der Waals surface area contributed by atoms with Gasteiger partial charge in [0.05, 0.1) is 10.7 Å². The van der Waals surface area contributed by atoms with Crippen molar-refractivity contribution in [1.29, 1.82) is 0 Å². The maximum absolute atomic E-state index is 12.5. The van der Waals surface area contributed by atoms with Crippen molar-refractivity contribution >= 4 is 46.8 Å². The smallest absolute Gasteiger partial charge is 0.253 e. The molecule has 0 aromatic heterocycles. The molecule has 3 amide bonds. The predicted octanol–water partition coefficient (Wildman–Crippen LogP) is 4.60. The highest BCUT2D eigenvalue weighted by Crippen LogP contribution is 2.25. The molecule has 0 bridgehead atoms. The van der Waals surface area contributed by atoms with Gasteiger partial charge in [-0.1, -0.05) is 23.7 Å². The van der Waals surface area contributed by atoms with Crippen molar-refractivity contribution < 1.29 is 14.4 Å². The zero-order chi connectivity index (χ0) is 22.5. The van der Waals surface area contributed by atoms with Crippen LogP contribution in [0, 0.1) is 0 Å². The molecule has 1 heterocycles. The molecule has 0 atom stereocenters. The van der Waals surface area contributed by atoms with Gasteiger partial charge in [-0.25, -0.2) is 0 Å². The third-order valence-corrected chi connectivity index (χ3v) is 5.60. The summed E-state index contributed by atoms with van der Waals surface area (Å²) in [5.74, 6) is -0.364. The van der Waals surface area contributed by atoms with Crippen molar-refractivity contribution in [3.05, 3.63) is 64.7 Å². The third-order valence-electron chi connectivity index (χ3n) is 5.27. The van der Waals surface area contributed by atoms with Gasteiger partial charge in [-0.2, -0.15) is 0 Å². The van der Waals surface area contributed by atoms with E-state index in [0.717, 1.165) is 24.2 Å². The number of amides is 3. The maximum atomic E-state index is 12.5. The Hall–Kier alpha value is -3.12. The molecule has 0 radical (unpaired) electrons. The Labute approximate surface area is 187 Å². The van der Waals surface area contributed by atoms with Crippen molar-refractivity contribution in [3.8, 4) is 0 Å². The van der Waals surface area contributed by atoms with Crippen LogP contribution in [0.3, 0.4) is 0 Å². The average Bonchev–Trinajstić information content (AvgIpc) is 3.19. The van der Waals surface area contributed by atoms with E-state index in [2.05, 4.69) is 5.32 Å². The number of hydrogen-bond acceptors (Lipinski definition) is 3. The fourth-order valence-corrected chi connectivity index (χ4v) is 3.39. The Morgan fingerprint density at radius 2 is 1.87 bits per heavy atom. The Morgan fingerprint density at radius 3 is 2.48 bits per heavy atom. The van der Waals surface area contributed by atoms with Crippen LogP contribution in [-0.2, 0) is 9.59 Å². The van der Waals surface area contributed by atoms with Gasteiger partial charge >= 0.3 is 0 Å². The summed E-state index contributed by atoms with van der Waals surface area (Å²) in [6, 6.07) is 12.3. The second kappa shape index (κ2) is 9.79. The van der Waals surface area contributed by atoms with Gasteiger partial charge in [0, 0.05) is 43.4 Å². The molecule has 1 N–H and O–H groups in total. The molecule has 2 aromatic rings. The molecule has 1 saturated heterocycles. The monoisotopic (exact) mass is 439 g/mol. The van der Waals surface area contributed by atoms with E-state index in [9.17, 15) is 14.4 Å². The quantitative estimate of drug-likeness (QED) is 0.669. The van der Waals surface area contributed by atoms with Crippen LogP contribution in [0.2, 0.25) is 5.02 Å². The second-order valence-corrected chi connectivity index (χ2v) is 8.17. The Kier molecular flexibility index (Phi) is 7.13. The lowest BCUT2D eigenvalue weighted by Gasteiger charge is -2.21. The van der Waals surface area contributed by atoms with Crippen LogP contribution in [0.15, 0.2) is 48.5 Å². The lowest BCUT2D eigenvalue weighted by Crippen LogP contribution is -2.33. The zero-order valence-corrected chi connectivity index (χ0v) is 18.6. The number of anilines is 2. The van der Waals surface area contributed by atoms with Gasteiger partial charge in [-0.3, -0.25) is 14.4 Å². The summed E-state index contributed by atoms with van der Waals surface area (Å²) in [5.41, 5.74) is 2.53. The fourth-order valence-electron chi connectivity index (χ4n) is 3.23. The number of rotatable bonds is 6. The Morgan fingerprint density at radius 1 is 1.16 bits per heavy atom. The first kappa shape index (κ1) is 22.6. The van der Waals surface area contributed by atoms with Crippen molar-refractivity contribution in [2.45, 2.75) is 32.7 Å². The first-order valence-electron chi connectivity index (χ1n) is 10.2. The third kappa shape index (κ3) is 5.52. The van der Waals surface area contributed by atoms with E-state index in [1.165, 1.54) is 6.08 Å². The summed E-state index contributed by atoms with van der Waals surface area (Å²) in [7, 11) is 1.73. The summed E-state index contributed by atoms with van der Waals surface area (Å²) in [6.45, 7) is 4.60. The van der Waals surface area contributed by atoms with Crippen molar-refractivity contribution in [3.63, 3.8) is 0 Å². The summed E-state index contributed by atoms with van der Waals surface area (Å²) in [6.07, 6.45) is 4.55. The van der Waals surface area contributed by atoms with E-state index in [4.69, 9.17) is 11.6 Å². The summed E-state index contributed by atoms with van der Waals surface area (Å²) in [4.78, 5) is 40.1. The SMILES string of the molecule is CC(C)N(C)C(=O)c1ccc(Cl)c(NC(=O)C=Cc2ccc(N3CCCC3=O)cc2)c1. The molecule has 1 aliphatic rings. The highest BCUT2D eigenvalue weighted by atomic mass is 35.5. The normalized spacial score (nSPS) is 13.8. The molecular formula is C24H26ClN3O3. The molecule has 162 valence electrons. The number of nitrogens with zero attached hydrogens (tertiary/aromatic N) is 2. The number of hydrogen-bond donors (Lipinski definition) is 1. The van der Waals surface area contributed by atoms with E-state index in [1.807, 2.05) is 38.1 Å². The molecule has 31 heavy (non-hydrogen) atoms. The number of nitrogens with one attached hydrogen (secondary N) is 1. The molecule has 7 heteroatoms. The summed E-state index contributed by atoms with van der Waals surface area (Å²) < 4.78 is 0. The van der Waals surface area contributed by atoms with Crippen LogP contribution in [0.5, 0.6) is 0 Å². The molecule has 0 spiro atoms. The van der Waals surface area contributed by atoms with Crippen molar-refractivity contribution in [1.82, 2.24) is 4.90 Å². The minimum Gasteiger partial charge on any atom is -0.339 e. The first-order valence-corrected chi connectivity index (χ1v) is 10.6. The minimum absolute atomic E-state index is 0.0548. The van der Waals surface area contributed by atoms with Gasteiger partial charge in [0.2, 0.25) is 11.8 Å². The molecule has 0 saturated carbocycles. The van der Waals surface area contributed by atoms with Crippen LogP contribution >= 0.6 is 11.6 Å². The molecule has 3 rings (SSSR count). The van der Waals surface area contributed by atoms with Gasteiger partial charge in [0.25, 0.3) is 5.91 Å². The van der Waals surface area contributed by atoms with Gasteiger partial charge in [0.15, 0.2) is 0 Å². The van der Waals surface area contributed by atoms with E-state index in [1.54, 1.807) is 41.1 Å². The zero-order valence-electron chi connectivity index (χ0n) is 17.9. The molecule has 6 nitrogen and oxygen atoms in total. The fraction of sp³-hybridized carbons (Fsp3) is 0.292. The molecule has 0 unspecified atom stereocenters. The highest BCUT2D eigenvalue weighted by molar-refractivity contribution is 6.34. The number of carbonyl (C=O) groups is 3. The molecular weight excluding hydrogens is 414 g/mol. The topological polar surface area (TPSA) is 69.7 Å². The molecule has 0 aliphatic carbocycles. The predicted molar refractivity (Wildman–Crippen MR) is 124 cm³/mol. The highest BCUT2D eigenvalue weighted by Gasteiger charge is 2.21. The van der Waals surface area contributed by atoms with Gasteiger partial charge in [-0.05, 0) is 62.2 Å². The van der Waals surface area contributed by atoms with Gasteiger partial charge < -0.3 is 15.1 Å². The first-order chi connectivity index (χ1) is 14.8. The van der Waals surface area contributed by atoms with Gasteiger partial charge in [0.1, 0.15) is 0 Å². The van der Waals surface area contributed by atoms with Gasteiger partial charge in [-0.15, -0.1) is 0 Å². The molecule has 1 aliphatic heterocycles. The van der Waals surface area contributed by atoms with Crippen molar-refractivity contribution in [2.24, 2.45) is 0 Å². The largest absolute Gasteiger partial charge is 0.339 e. The minimum atomic E-state index is -0.359. The van der Waals surface area contributed by atoms with Crippen molar-refractivity contribution in [2.75, 3.05) is 23.8 Å². The average molecular weight is 440 g/mol. The number of benzene rings is 2. The van der Waals surface area contributed by atoms with Crippen LogP contribution in [0.25, 0.3) is 6.08 Å². The Balaban J connectivity index is 1.66. The molecule has 2 aromatic carbocycles. The van der Waals surface area contributed by atoms with Crippen LogP contribution in [0.1, 0.15) is 42.6 Å². The van der Waals surface area contributed by atoms with E-state index >= 15 is 0 Å². The Bertz CT molecular complexity index is 1020. The van der Waals surface area contributed by atoms with Crippen LogP contribution in [0.4, 0.5) is 11.4 Å². The van der Waals surface area contributed by atoms with Crippen LogP contribution in [-0.4, -0.2) is 42.3 Å². The number of halogens is 1. The molecule has 1 fully saturated rings.